The normalized spacial score (nSPS) is 16.7. The number of amides is 2. The van der Waals surface area contributed by atoms with Gasteiger partial charge in [0.25, 0.3) is 0 Å². The molecule has 2 amide bonds. The Morgan fingerprint density at radius 3 is 2.25 bits per heavy atom. The number of alkyl halides is 3. The Labute approximate surface area is 138 Å². The Morgan fingerprint density at radius 2 is 1.71 bits per heavy atom. The fourth-order valence-corrected chi connectivity index (χ4v) is 2.51. The minimum atomic E-state index is -4.44. The molecule has 0 atom stereocenters. The van der Waals surface area contributed by atoms with Crippen LogP contribution in [0.25, 0.3) is 0 Å². The first-order valence-electron chi connectivity index (χ1n) is 7.70. The van der Waals surface area contributed by atoms with Crippen LogP contribution in [0.4, 0.5) is 18.9 Å². The van der Waals surface area contributed by atoms with Gasteiger partial charge >= 0.3 is 18.0 Å². The highest BCUT2D eigenvalue weighted by Gasteiger charge is 2.30. The number of hydrogen-bond donors (Lipinski definition) is 2. The Bertz CT molecular complexity index is 579. The van der Waals surface area contributed by atoms with Crippen LogP contribution in [0.15, 0.2) is 24.3 Å². The number of piperidine rings is 1. The van der Waals surface area contributed by atoms with Crippen molar-refractivity contribution in [3.05, 3.63) is 29.8 Å². The minimum Gasteiger partial charge on any atom is -0.348 e. The largest absolute Gasteiger partial charge is 0.416 e. The van der Waals surface area contributed by atoms with E-state index < -0.39 is 23.6 Å². The molecule has 2 N–H and O–H groups in total. The third kappa shape index (κ3) is 5.23. The van der Waals surface area contributed by atoms with Gasteiger partial charge in [-0.1, -0.05) is 0 Å². The summed E-state index contributed by atoms with van der Waals surface area (Å²) in [6, 6.07) is 3.94. The average molecular weight is 343 g/mol. The number of nitrogens with zero attached hydrogens (tertiary/aromatic N) is 1. The minimum absolute atomic E-state index is 0.141. The molecule has 0 unspecified atom stereocenters. The fraction of sp³-hybridized carbons (Fsp3) is 0.500. The van der Waals surface area contributed by atoms with Crippen LogP contribution in [0, 0.1) is 5.92 Å². The van der Waals surface area contributed by atoms with Crippen molar-refractivity contribution >= 4 is 17.5 Å². The van der Waals surface area contributed by atoms with Crippen molar-refractivity contribution in [1.29, 1.82) is 0 Å². The van der Waals surface area contributed by atoms with Gasteiger partial charge < -0.3 is 15.5 Å². The third-order valence-electron chi connectivity index (χ3n) is 4.07. The highest BCUT2D eigenvalue weighted by Crippen LogP contribution is 2.29. The highest BCUT2D eigenvalue weighted by molar-refractivity contribution is 6.39. The summed E-state index contributed by atoms with van der Waals surface area (Å²) in [7, 11) is 2.03. The SMILES string of the molecule is CN1CCC(CNC(=O)C(=O)Nc2ccc(C(F)(F)F)cc2)CC1. The molecule has 2 rings (SSSR count). The number of anilines is 1. The zero-order chi connectivity index (χ0) is 17.7. The number of carbonyl (C=O) groups excluding carboxylic acids is 2. The van der Waals surface area contributed by atoms with Crippen LogP contribution in [0.3, 0.4) is 0 Å². The highest BCUT2D eigenvalue weighted by atomic mass is 19.4. The molecule has 1 aliphatic rings. The molecule has 0 saturated carbocycles. The number of rotatable bonds is 3. The molecule has 132 valence electrons. The van der Waals surface area contributed by atoms with Gasteiger partial charge in [-0.3, -0.25) is 9.59 Å². The van der Waals surface area contributed by atoms with Crippen molar-refractivity contribution in [3.63, 3.8) is 0 Å². The summed E-state index contributed by atoms with van der Waals surface area (Å²) in [5, 5.41) is 4.86. The second-order valence-electron chi connectivity index (χ2n) is 5.99. The maximum absolute atomic E-state index is 12.5. The van der Waals surface area contributed by atoms with Crippen LogP contribution in [0.2, 0.25) is 0 Å². The molecule has 1 aromatic carbocycles. The second kappa shape index (κ2) is 7.65. The molecule has 0 aromatic heterocycles. The molecule has 0 radical (unpaired) electrons. The van der Waals surface area contributed by atoms with E-state index in [-0.39, 0.29) is 5.69 Å². The van der Waals surface area contributed by atoms with Crippen molar-refractivity contribution in [3.8, 4) is 0 Å². The van der Waals surface area contributed by atoms with Crippen LogP contribution >= 0.6 is 0 Å². The zero-order valence-electron chi connectivity index (χ0n) is 13.3. The first-order chi connectivity index (χ1) is 11.3. The van der Waals surface area contributed by atoms with E-state index in [4.69, 9.17) is 0 Å². The second-order valence-corrected chi connectivity index (χ2v) is 5.99. The maximum atomic E-state index is 12.5. The van der Waals surface area contributed by atoms with E-state index in [1.54, 1.807) is 0 Å². The van der Waals surface area contributed by atoms with Crippen LogP contribution in [0.5, 0.6) is 0 Å². The summed E-state index contributed by atoms with van der Waals surface area (Å²) < 4.78 is 37.4. The maximum Gasteiger partial charge on any atom is 0.416 e. The number of likely N-dealkylation sites (tertiary alicyclic amines) is 1. The van der Waals surface area contributed by atoms with Gasteiger partial charge in [-0.25, -0.2) is 0 Å². The Hall–Kier alpha value is -2.09. The molecule has 1 fully saturated rings. The summed E-state index contributed by atoms with van der Waals surface area (Å²) in [5.74, 6) is -1.33. The van der Waals surface area contributed by atoms with E-state index in [0.717, 1.165) is 50.2 Å². The summed E-state index contributed by atoms with van der Waals surface area (Å²) in [4.78, 5) is 25.7. The van der Waals surface area contributed by atoms with Crippen molar-refractivity contribution in [1.82, 2.24) is 10.2 Å². The molecule has 24 heavy (non-hydrogen) atoms. The van der Waals surface area contributed by atoms with Gasteiger partial charge in [0.1, 0.15) is 0 Å². The predicted octanol–water partition coefficient (Wildman–Crippen LogP) is 2.10. The number of nitrogens with one attached hydrogen (secondary N) is 2. The van der Waals surface area contributed by atoms with Gasteiger partial charge in [0, 0.05) is 12.2 Å². The number of hydrogen-bond acceptors (Lipinski definition) is 3. The Morgan fingerprint density at radius 1 is 1.12 bits per heavy atom. The topological polar surface area (TPSA) is 61.4 Å². The Balaban J connectivity index is 1.80. The Kier molecular flexibility index (Phi) is 5.82. The van der Waals surface area contributed by atoms with Crippen LogP contribution in [0.1, 0.15) is 18.4 Å². The molecule has 1 heterocycles. The van der Waals surface area contributed by atoms with Crippen LogP contribution in [-0.4, -0.2) is 43.4 Å². The lowest BCUT2D eigenvalue weighted by Crippen LogP contribution is -2.41. The molecule has 0 aliphatic carbocycles. The fourth-order valence-electron chi connectivity index (χ4n) is 2.51. The molecule has 0 spiro atoms. The first-order valence-corrected chi connectivity index (χ1v) is 7.70. The third-order valence-corrected chi connectivity index (χ3v) is 4.07. The van der Waals surface area contributed by atoms with Crippen molar-refractivity contribution in [2.45, 2.75) is 19.0 Å². The van der Waals surface area contributed by atoms with E-state index in [9.17, 15) is 22.8 Å². The molecule has 1 saturated heterocycles. The predicted molar refractivity (Wildman–Crippen MR) is 83.3 cm³/mol. The van der Waals surface area contributed by atoms with E-state index in [1.165, 1.54) is 0 Å². The first kappa shape index (κ1) is 18.3. The van der Waals surface area contributed by atoms with Crippen LogP contribution in [-0.2, 0) is 15.8 Å². The summed E-state index contributed by atoms with van der Waals surface area (Å²) in [5.41, 5.74) is -0.672. The quantitative estimate of drug-likeness (QED) is 0.827. The van der Waals surface area contributed by atoms with E-state index >= 15 is 0 Å². The average Bonchev–Trinajstić information content (AvgIpc) is 2.53. The van der Waals surface area contributed by atoms with Crippen molar-refractivity contribution in [2.75, 3.05) is 32.0 Å². The van der Waals surface area contributed by atoms with Gasteiger partial charge in [-0.15, -0.1) is 0 Å². The number of halogens is 3. The van der Waals surface area contributed by atoms with Gasteiger partial charge in [0.2, 0.25) is 0 Å². The van der Waals surface area contributed by atoms with Gasteiger partial charge in [0.05, 0.1) is 5.56 Å². The standard InChI is InChI=1S/C16H20F3N3O2/c1-22-8-6-11(7-9-22)10-20-14(23)15(24)21-13-4-2-12(3-5-13)16(17,18)19/h2-5,11H,6-10H2,1H3,(H,20,23)(H,21,24). The molecular formula is C16H20F3N3O2. The van der Waals surface area contributed by atoms with E-state index in [2.05, 4.69) is 15.5 Å². The van der Waals surface area contributed by atoms with Gasteiger partial charge in [0.15, 0.2) is 0 Å². The number of carbonyl (C=O) groups is 2. The monoisotopic (exact) mass is 343 g/mol. The van der Waals surface area contributed by atoms with E-state index in [1.807, 2.05) is 7.05 Å². The molecule has 5 nitrogen and oxygen atoms in total. The van der Waals surface area contributed by atoms with Crippen LogP contribution < -0.4 is 10.6 Å². The smallest absolute Gasteiger partial charge is 0.348 e. The van der Waals surface area contributed by atoms with Gasteiger partial charge in [-0.05, 0) is 63.2 Å². The van der Waals surface area contributed by atoms with E-state index in [0.29, 0.717) is 12.5 Å². The zero-order valence-corrected chi connectivity index (χ0v) is 13.3. The summed E-state index contributed by atoms with van der Waals surface area (Å²) in [6.07, 6.45) is -2.53. The number of benzene rings is 1. The van der Waals surface area contributed by atoms with Crippen molar-refractivity contribution in [2.24, 2.45) is 5.92 Å². The molecule has 1 aliphatic heterocycles. The van der Waals surface area contributed by atoms with Gasteiger partial charge in [-0.2, -0.15) is 13.2 Å². The lowest BCUT2D eigenvalue weighted by molar-refractivity contribution is -0.137. The molecule has 1 aromatic rings. The lowest BCUT2D eigenvalue weighted by Gasteiger charge is -2.28. The lowest BCUT2D eigenvalue weighted by atomic mass is 9.97. The molecular weight excluding hydrogens is 323 g/mol. The summed E-state index contributed by atoms with van der Waals surface area (Å²) in [6.45, 7) is 2.34. The van der Waals surface area contributed by atoms with Crippen molar-refractivity contribution < 1.29 is 22.8 Å². The molecule has 0 bridgehead atoms. The molecule has 8 heteroatoms. The summed E-state index contributed by atoms with van der Waals surface area (Å²) >= 11 is 0.